The van der Waals surface area contributed by atoms with Crippen LogP contribution in [0.2, 0.25) is 0 Å². The number of non-ortho nitro benzene ring substituents is 1. The van der Waals surface area contributed by atoms with Gasteiger partial charge < -0.3 is 10.6 Å². The molecule has 0 bridgehead atoms. The topological polar surface area (TPSA) is 84.3 Å². The minimum absolute atomic E-state index is 0.00418. The molecule has 0 saturated heterocycles. The minimum Gasteiger partial charge on any atom is -0.355 e. The number of amides is 1. The van der Waals surface area contributed by atoms with E-state index in [1.165, 1.54) is 12.1 Å². The summed E-state index contributed by atoms with van der Waals surface area (Å²) in [4.78, 5) is 22.3. The van der Waals surface area contributed by atoms with Crippen molar-refractivity contribution < 1.29 is 9.72 Å². The highest BCUT2D eigenvalue weighted by atomic mass is 16.6. The lowest BCUT2D eigenvalue weighted by molar-refractivity contribution is -0.384. The van der Waals surface area contributed by atoms with Gasteiger partial charge >= 0.3 is 0 Å². The number of nitrogens with one attached hydrogen (secondary N) is 2. The fraction of sp³-hybridized carbons (Fsp3) is 0.133. The second kappa shape index (κ2) is 6.51. The van der Waals surface area contributed by atoms with E-state index in [1.807, 2.05) is 6.92 Å². The fourth-order valence-electron chi connectivity index (χ4n) is 1.90. The van der Waals surface area contributed by atoms with Crippen molar-refractivity contribution >= 4 is 23.0 Å². The van der Waals surface area contributed by atoms with Crippen LogP contribution in [0.25, 0.3) is 0 Å². The van der Waals surface area contributed by atoms with Crippen molar-refractivity contribution in [2.24, 2.45) is 0 Å². The molecule has 2 aromatic rings. The van der Waals surface area contributed by atoms with Crippen molar-refractivity contribution in [2.45, 2.75) is 6.92 Å². The average molecular weight is 285 g/mol. The number of benzene rings is 2. The van der Waals surface area contributed by atoms with Gasteiger partial charge in [-0.05, 0) is 25.1 Å². The number of para-hydroxylation sites is 1. The van der Waals surface area contributed by atoms with Crippen molar-refractivity contribution in [1.29, 1.82) is 0 Å². The number of anilines is 2. The van der Waals surface area contributed by atoms with Crippen LogP contribution in [0.1, 0.15) is 17.3 Å². The zero-order chi connectivity index (χ0) is 15.2. The van der Waals surface area contributed by atoms with Crippen LogP contribution >= 0.6 is 0 Å². The van der Waals surface area contributed by atoms with Crippen molar-refractivity contribution in [3.05, 3.63) is 64.2 Å². The smallest absolute Gasteiger partial charge is 0.271 e. The third-order valence-corrected chi connectivity index (χ3v) is 2.85. The molecule has 0 aliphatic heterocycles. The molecule has 1 amide bonds. The van der Waals surface area contributed by atoms with Crippen molar-refractivity contribution in [3.63, 3.8) is 0 Å². The van der Waals surface area contributed by atoms with Crippen molar-refractivity contribution in [1.82, 2.24) is 5.32 Å². The van der Waals surface area contributed by atoms with Gasteiger partial charge in [-0.25, -0.2) is 0 Å². The number of nitrogens with zero attached hydrogens (tertiary/aromatic N) is 1. The summed E-state index contributed by atoms with van der Waals surface area (Å²) in [5.74, 6) is -0.189. The molecule has 0 aliphatic rings. The number of rotatable bonds is 5. The van der Waals surface area contributed by atoms with E-state index in [4.69, 9.17) is 0 Å². The molecule has 0 aliphatic carbocycles. The molecule has 6 nitrogen and oxygen atoms in total. The molecule has 0 unspecified atom stereocenters. The van der Waals surface area contributed by atoms with E-state index in [1.54, 1.807) is 36.4 Å². The van der Waals surface area contributed by atoms with E-state index in [0.29, 0.717) is 23.5 Å². The first-order valence-corrected chi connectivity index (χ1v) is 6.50. The van der Waals surface area contributed by atoms with Gasteiger partial charge in [0.25, 0.3) is 11.6 Å². The molecule has 0 radical (unpaired) electrons. The number of carbonyl (C=O) groups is 1. The summed E-state index contributed by atoms with van der Waals surface area (Å²) in [6.45, 7) is 2.37. The highest BCUT2D eigenvalue weighted by molar-refractivity contribution is 6.00. The molecule has 0 heterocycles. The van der Waals surface area contributed by atoms with Crippen LogP contribution in [-0.4, -0.2) is 17.4 Å². The minimum atomic E-state index is -0.457. The predicted molar refractivity (Wildman–Crippen MR) is 80.8 cm³/mol. The summed E-state index contributed by atoms with van der Waals surface area (Å²) in [6, 6.07) is 13.2. The fourth-order valence-corrected chi connectivity index (χ4v) is 1.90. The highest BCUT2D eigenvalue weighted by Gasteiger charge is 2.11. The summed E-state index contributed by atoms with van der Waals surface area (Å²) in [5.41, 5.74) is 1.64. The quantitative estimate of drug-likeness (QED) is 0.653. The summed E-state index contributed by atoms with van der Waals surface area (Å²) in [7, 11) is 0. The molecule has 2 aromatic carbocycles. The SMILES string of the molecule is CCNC(=O)c1ccccc1Nc1cccc([N+](=O)[O-])c1. The molecule has 0 fully saturated rings. The molecule has 2 N–H and O–H groups in total. The number of nitro groups is 1. The Balaban J connectivity index is 2.29. The monoisotopic (exact) mass is 285 g/mol. The van der Waals surface area contributed by atoms with Crippen LogP contribution in [-0.2, 0) is 0 Å². The normalized spacial score (nSPS) is 9.95. The van der Waals surface area contributed by atoms with E-state index in [9.17, 15) is 14.9 Å². The lowest BCUT2D eigenvalue weighted by Crippen LogP contribution is -2.23. The van der Waals surface area contributed by atoms with Crippen molar-refractivity contribution in [2.75, 3.05) is 11.9 Å². The van der Waals surface area contributed by atoms with E-state index >= 15 is 0 Å². The Hall–Kier alpha value is -2.89. The molecule has 2 rings (SSSR count). The summed E-state index contributed by atoms with van der Waals surface area (Å²) in [6.07, 6.45) is 0. The van der Waals surface area contributed by atoms with Gasteiger partial charge in [-0.1, -0.05) is 18.2 Å². The predicted octanol–water partition coefficient (Wildman–Crippen LogP) is 3.09. The molecular formula is C15H15N3O3. The summed E-state index contributed by atoms with van der Waals surface area (Å²) >= 11 is 0. The zero-order valence-electron chi connectivity index (χ0n) is 11.5. The van der Waals surface area contributed by atoms with Gasteiger partial charge in [0.2, 0.25) is 0 Å². The second-order valence-electron chi connectivity index (χ2n) is 4.34. The van der Waals surface area contributed by atoms with Gasteiger partial charge in [0.05, 0.1) is 16.2 Å². The van der Waals surface area contributed by atoms with Crippen LogP contribution in [0.5, 0.6) is 0 Å². The van der Waals surface area contributed by atoms with E-state index in [0.717, 1.165) is 0 Å². The van der Waals surface area contributed by atoms with Gasteiger partial charge in [0.15, 0.2) is 0 Å². The molecular weight excluding hydrogens is 270 g/mol. The summed E-state index contributed by atoms with van der Waals surface area (Å²) < 4.78 is 0. The molecule has 0 spiro atoms. The molecule has 0 aromatic heterocycles. The third-order valence-electron chi connectivity index (χ3n) is 2.85. The standard InChI is InChI=1S/C15H15N3O3/c1-2-16-15(19)13-8-3-4-9-14(13)17-11-6-5-7-12(10-11)18(20)21/h3-10,17H,2H2,1H3,(H,16,19). The number of carbonyl (C=O) groups excluding carboxylic acids is 1. The van der Waals surface area contributed by atoms with Crippen LogP contribution in [0.3, 0.4) is 0 Å². The average Bonchev–Trinajstić information content (AvgIpc) is 2.48. The molecule has 0 atom stereocenters. The van der Waals surface area contributed by atoms with Gasteiger partial charge in [0.1, 0.15) is 0 Å². The first-order valence-electron chi connectivity index (χ1n) is 6.50. The Labute approximate surface area is 121 Å². The van der Waals surface area contributed by atoms with Crippen LogP contribution in [0, 0.1) is 10.1 Å². The van der Waals surface area contributed by atoms with E-state index < -0.39 is 4.92 Å². The Morgan fingerprint density at radius 1 is 1.19 bits per heavy atom. The van der Waals surface area contributed by atoms with Gasteiger partial charge in [-0.2, -0.15) is 0 Å². The second-order valence-corrected chi connectivity index (χ2v) is 4.34. The molecule has 6 heteroatoms. The highest BCUT2D eigenvalue weighted by Crippen LogP contribution is 2.23. The number of hydrogen-bond donors (Lipinski definition) is 2. The number of hydrogen-bond acceptors (Lipinski definition) is 4. The Kier molecular flexibility index (Phi) is 4.50. The lowest BCUT2D eigenvalue weighted by Gasteiger charge is -2.11. The van der Waals surface area contributed by atoms with Crippen LogP contribution in [0.4, 0.5) is 17.1 Å². The maximum atomic E-state index is 12.0. The van der Waals surface area contributed by atoms with Gasteiger partial charge in [-0.15, -0.1) is 0 Å². The van der Waals surface area contributed by atoms with Crippen LogP contribution in [0.15, 0.2) is 48.5 Å². The first-order chi connectivity index (χ1) is 10.1. The lowest BCUT2D eigenvalue weighted by atomic mass is 10.1. The maximum Gasteiger partial charge on any atom is 0.271 e. The van der Waals surface area contributed by atoms with Crippen LogP contribution < -0.4 is 10.6 Å². The van der Waals surface area contributed by atoms with Crippen molar-refractivity contribution in [3.8, 4) is 0 Å². The number of nitro benzene ring substituents is 1. The first kappa shape index (κ1) is 14.5. The Bertz CT molecular complexity index is 671. The van der Waals surface area contributed by atoms with Gasteiger partial charge in [-0.3, -0.25) is 14.9 Å². The van der Waals surface area contributed by atoms with Gasteiger partial charge in [0, 0.05) is 24.4 Å². The third kappa shape index (κ3) is 3.56. The Morgan fingerprint density at radius 3 is 2.67 bits per heavy atom. The molecule has 21 heavy (non-hydrogen) atoms. The zero-order valence-corrected chi connectivity index (χ0v) is 11.5. The van der Waals surface area contributed by atoms with E-state index in [-0.39, 0.29) is 11.6 Å². The Morgan fingerprint density at radius 2 is 1.95 bits per heavy atom. The molecule has 108 valence electrons. The van der Waals surface area contributed by atoms with E-state index in [2.05, 4.69) is 10.6 Å². The maximum absolute atomic E-state index is 12.0. The largest absolute Gasteiger partial charge is 0.355 e. The summed E-state index contributed by atoms with van der Waals surface area (Å²) in [5, 5.41) is 16.6. The molecule has 0 saturated carbocycles.